The summed E-state index contributed by atoms with van der Waals surface area (Å²) in [7, 11) is -1.55. The van der Waals surface area contributed by atoms with Gasteiger partial charge < -0.3 is 4.43 Å². The van der Waals surface area contributed by atoms with Gasteiger partial charge in [-0.15, -0.1) is 6.58 Å². The van der Waals surface area contributed by atoms with E-state index in [0.717, 1.165) is 0 Å². The van der Waals surface area contributed by atoms with Crippen LogP contribution in [0.5, 0.6) is 0 Å². The van der Waals surface area contributed by atoms with Crippen molar-refractivity contribution >= 4 is 8.32 Å². The molecule has 0 aromatic rings. The molecular formula is C10H18OSi. The molecule has 0 aromatic carbocycles. The lowest BCUT2D eigenvalue weighted by atomic mass is 10.4. The molecule has 0 amide bonds. The van der Waals surface area contributed by atoms with Gasteiger partial charge in [-0.2, -0.15) is 0 Å². The molecule has 0 saturated heterocycles. The average Bonchev–Trinajstić information content (AvgIpc) is 2.04. The van der Waals surface area contributed by atoms with Crippen molar-refractivity contribution in [2.45, 2.75) is 20.0 Å². The summed E-state index contributed by atoms with van der Waals surface area (Å²) in [6.45, 7) is 10.7. The summed E-state index contributed by atoms with van der Waals surface area (Å²) in [6.07, 6.45) is 7.99. The molecule has 0 spiro atoms. The standard InChI is InChI=1S/C10H18OSi/c1-5-7-8-9-10-11-12(3,4)6-2/h5-9H,2,10H2,1,3-4H3/b7-5+,9-8+. The molecule has 12 heavy (non-hydrogen) atoms. The van der Waals surface area contributed by atoms with E-state index in [-0.39, 0.29) is 0 Å². The molecule has 0 N–H and O–H groups in total. The molecule has 0 radical (unpaired) electrons. The SMILES string of the molecule is C=C[Si](C)(C)OC/C=C/C=C/C. The van der Waals surface area contributed by atoms with E-state index in [9.17, 15) is 0 Å². The maximum absolute atomic E-state index is 5.63. The van der Waals surface area contributed by atoms with Crippen molar-refractivity contribution in [3.63, 3.8) is 0 Å². The van der Waals surface area contributed by atoms with Crippen molar-refractivity contribution in [1.29, 1.82) is 0 Å². The monoisotopic (exact) mass is 182 g/mol. The van der Waals surface area contributed by atoms with Gasteiger partial charge in [0.2, 0.25) is 8.32 Å². The van der Waals surface area contributed by atoms with Crippen LogP contribution in [0.25, 0.3) is 0 Å². The summed E-state index contributed by atoms with van der Waals surface area (Å²) in [6, 6.07) is 0. The van der Waals surface area contributed by atoms with Gasteiger partial charge in [0.15, 0.2) is 0 Å². The van der Waals surface area contributed by atoms with Gasteiger partial charge in [0, 0.05) is 0 Å². The molecule has 2 heteroatoms. The van der Waals surface area contributed by atoms with Crippen molar-refractivity contribution in [3.05, 3.63) is 36.6 Å². The Bertz CT molecular complexity index is 180. The highest BCUT2D eigenvalue weighted by molar-refractivity contribution is 6.76. The van der Waals surface area contributed by atoms with E-state index in [1.165, 1.54) is 0 Å². The fraction of sp³-hybridized carbons (Fsp3) is 0.400. The highest BCUT2D eigenvalue weighted by Crippen LogP contribution is 2.04. The van der Waals surface area contributed by atoms with Gasteiger partial charge in [0.1, 0.15) is 0 Å². The predicted octanol–water partition coefficient (Wildman–Crippen LogP) is 3.07. The Balaban J connectivity index is 3.62. The van der Waals surface area contributed by atoms with Crippen molar-refractivity contribution < 1.29 is 4.43 Å². The maximum atomic E-state index is 5.63. The number of allylic oxidation sites excluding steroid dienone is 3. The van der Waals surface area contributed by atoms with Crippen LogP contribution in [-0.2, 0) is 4.43 Å². The first-order valence-corrected chi connectivity index (χ1v) is 7.16. The van der Waals surface area contributed by atoms with Crippen LogP contribution in [-0.4, -0.2) is 14.9 Å². The lowest BCUT2D eigenvalue weighted by Crippen LogP contribution is -2.27. The minimum absolute atomic E-state index is 0.690. The largest absolute Gasteiger partial charge is 0.410 e. The number of rotatable bonds is 5. The molecule has 0 saturated carbocycles. The molecule has 0 aliphatic carbocycles. The fourth-order valence-corrected chi connectivity index (χ4v) is 1.21. The highest BCUT2D eigenvalue weighted by atomic mass is 28.4. The van der Waals surface area contributed by atoms with Crippen LogP contribution in [0.15, 0.2) is 36.6 Å². The lowest BCUT2D eigenvalue weighted by molar-refractivity contribution is 0.361. The molecule has 1 nitrogen and oxygen atoms in total. The molecule has 0 aliphatic heterocycles. The van der Waals surface area contributed by atoms with E-state index in [4.69, 9.17) is 4.43 Å². The molecule has 0 atom stereocenters. The van der Waals surface area contributed by atoms with Gasteiger partial charge >= 0.3 is 0 Å². The second-order valence-electron chi connectivity index (χ2n) is 3.07. The molecule has 0 aliphatic rings. The summed E-state index contributed by atoms with van der Waals surface area (Å²) in [5.74, 6) is 0. The number of hydrogen-bond donors (Lipinski definition) is 0. The van der Waals surface area contributed by atoms with Crippen molar-refractivity contribution in [1.82, 2.24) is 0 Å². The van der Waals surface area contributed by atoms with Gasteiger partial charge in [-0.1, -0.05) is 30.0 Å². The first-order valence-electron chi connectivity index (χ1n) is 4.18. The normalized spacial score (nSPS) is 12.9. The Morgan fingerprint density at radius 2 is 2.00 bits per heavy atom. The summed E-state index contributed by atoms with van der Waals surface area (Å²) in [5, 5.41) is 0. The molecule has 0 heterocycles. The topological polar surface area (TPSA) is 9.23 Å². The first kappa shape index (κ1) is 11.4. The van der Waals surface area contributed by atoms with Crippen LogP contribution in [0.1, 0.15) is 6.92 Å². The first-order chi connectivity index (χ1) is 5.62. The van der Waals surface area contributed by atoms with E-state index in [2.05, 4.69) is 19.7 Å². The molecule has 0 fully saturated rings. The third-order valence-corrected chi connectivity index (χ3v) is 3.38. The van der Waals surface area contributed by atoms with Crippen molar-refractivity contribution in [2.24, 2.45) is 0 Å². The predicted molar refractivity (Wildman–Crippen MR) is 57.6 cm³/mol. The fourth-order valence-electron chi connectivity index (χ4n) is 0.567. The number of hydrogen-bond acceptors (Lipinski definition) is 1. The summed E-state index contributed by atoms with van der Waals surface area (Å²) in [4.78, 5) is 0. The molecule has 0 unspecified atom stereocenters. The maximum Gasteiger partial charge on any atom is 0.210 e. The van der Waals surface area contributed by atoms with Crippen molar-refractivity contribution in [2.75, 3.05) is 6.61 Å². The molecule has 68 valence electrons. The Labute approximate surface area is 76.6 Å². The second-order valence-corrected chi connectivity index (χ2v) is 6.98. The Hall–Kier alpha value is -0.603. The van der Waals surface area contributed by atoms with Crippen LogP contribution in [0.4, 0.5) is 0 Å². The quantitative estimate of drug-likeness (QED) is 0.469. The summed E-state index contributed by atoms with van der Waals surface area (Å²) < 4.78 is 5.63. The molecule has 0 rings (SSSR count). The molecule has 0 bridgehead atoms. The van der Waals surface area contributed by atoms with Gasteiger partial charge in [-0.3, -0.25) is 0 Å². The van der Waals surface area contributed by atoms with Gasteiger partial charge in [0.25, 0.3) is 0 Å². The van der Waals surface area contributed by atoms with Gasteiger partial charge in [-0.25, -0.2) is 0 Å². The van der Waals surface area contributed by atoms with Crippen LogP contribution in [0.2, 0.25) is 13.1 Å². The van der Waals surface area contributed by atoms with E-state index >= 15 is 0 Å². The molecular weight excluding hydrogens is 164 g/mol. The Kier molecular flexibility index (Phi) is 5.67. The zero-order valence-electron chi connectivity index (χ0n) is 8.21. The lowest BCUT2D eigenvalue weighted by Gasteiger charge is -2.16. The van der Waals surface area contributed by atoms with E-state index in [1.54, 1.807) is 0 Å². The van der Waals surface area contributed by atoms with E-state index < -0.39 is 8.32 Å². The van der Waals surface area contributed by atoms with Crippen LogP contribution in [0.3, 0.4) is 0 Å². The van der Waals surface area contributed by atoms with Gasteiger partial charge in [-0.05, 0) is 20.0 Å². The molecule has 0 aromatic heterocycles. The van der Waals surface area contributed by atoms with Crippen LogP contribution in [0, 0.1) is 0 Å². The zero-order valence-corrected chi connectivity index (χ0v) is 9.21. The van der Waals surface area contributed by atoms with Crippen molar-refractivity contribution in [3.8, 4) is 0 Å². The summed E-state index contributed by atoms with van der Waals surface area (Å²) in [5.41, 5.74) is 1.94. The second kappa shape index (κ2) is 5.97. The van der Waals surface area contributed by atoms with Crippen LogP contribution >= 0.6 is 0 Å². The summed E-state index contributed by atoms with van der Waals surface area (Å²) >= 11 is 0. The van der Waals surface area contributed by atoms with E-state index in [1.807, 2.05) is 36.9 Å². The van der Waals surface area contributed by atoms with Gasteiger partial charge in [0.05, 0.1) is 6.61 Å². The minimum atomic E-state index is -1.55. The average molecular weight is 182 g/mol. The minimum Gasteiger partial charge on any atom is -0.410 e. The zero-order chi connectivity index (χ0) is 9.45. The van der Waals surface area contributed by atoms with Crippen LogP contribution < -0.4 is 0 Å². The smallest absolute Gasteiger partial charge is 0.210 e. The highest BCUT2D eigenvalue weighted by Gasteiger charge is 2.15. The van der Waals surface area contributed by atoms with E-state index in [0.29, 0.717) is 6.61 Å². The Morgan fingerprint density at radius 3 is 2.50 bits per heavy atom. The third kappa shape index (κ3) is 6.13. The Morgan fingerprint density at radius 1 is 1.33 bits per heavy atom. The third-order valence-electron chi connectivity index (χ3n) is 1.48.